The largest absolute Gasteiger partial charge is 0.395 e. The van der Waals surface area contributed by atoms with Gasteiger partial charge in [-0.05, 0) is 19.1 Å². The first-order valence-electron chi connectivity index (χ1n) is 6.46. The number of aliphatic hydroxyl groups is 1. The summed E-state index contributed by atoms with van der Waals surface area (Å²) in [6, 6.07) is 5.09. The second-order valence-electron chi connectivity index (χ2n) is 4.21. The summed E-state index contributed by atoms with van der Waals surface area (Å²) < 4.78 is 0. The molecule has 0 bridgehead atoms. The Morgan fingerprint density at radius 2 is 2.05 bits per heavy atom. The van der Waals surface area contributed by atoms with Crippen LogP contribution in [0.1, 0.15) is 13.3 Å². The fourth-order valence-corrected chi connectivity index (χ4v) is 1.34. The molecule has 1 aromatic heterocycles. The van der Waals surface area contributed by atoms with Crippen LogP contribution in [0.5, 0.6) is 0 Å². The van der Waals surface area contributed by atoms with Crippen LogP contribution >= 0.6 is 0 Å². The number of carbonyl (C=O) groups is 3. The lowest BCUT2D eigenvalue weighted by Gasteiger charge is -2.04. The molecule has 0 atom stereocenters. The van der Waals surface area contributed by atoms with Crippen molar-refractivity contribution >= 4 is 29.3 Å². The Kier molecular flexibility index (Phi) is 7.20. The maximum Gasteiger partial charge on any atom is 0.329 e. The van der Waals surface area contributed by atoms with Gasteiger partial charge in [-0.2, -0.15) is 5.10 Å². The number of hydrazone groups is 1. The van der Waals surface area contributed by atoms with Crippen molar-refractivity contribution in [3.63, 3.8) is 0 Å². The fourth-order valence-electron chi connectivity index (χ4n) is 1.34. The first kappa shape index (κ1) is 17.2. The fraction of sp³-hybridized carbons (Fsp3) is 0.308. The van der Waals surface area contributed by atoms with Crippen LogP contribution in [0.3, 0.4) is 0 Å². The van der Waals surface area contributed by atoms with Crippen molar-refractivity contribution < 1.29 is 19.5 Å². The van der Waals surface area contributed by atoms with Crippen molar-refractivity contribution in [2.75, 3.05) is 18.5 Å². The Balaban J connectivity index is 2.40. The Morgan fingerprint density at radius 1 is 1.27 bits per heavy atom. The predicted molar refractivity (Wildman–Crippen MR) is 78.8 cm³/mol. The van der Waals surface area contributed by atoms with Crippen molar-refractivity contribution in [2.24, 2.45) is 5.10 Å². The van der Waals surface area contributed by atoms with Gasteiger partial charge < -0.3 is 15.7 Å². The third kappa shape index (κ3) is 6.57. The molecule has 0 unspecified atom stereocenters. The molecule has 0 aliphatic rings. The topological polar surface area (TPSA) is 133 Å². The molecule has 118 valence electrons. The Bertz CT molecular complexity index is 559. The van der Waals surface area contributed by atoms with Crippen LogP contribution in [0, 0.1) is 0 Å². The molecular weight excluding hydrogens is 290 g/mol. The van der Waals surface area contributed by atoms with Gasteiger partial charge >= 0.3 is 11.8 Å². The minimum Gasteiger partial charge on any atom is -0.395 e. The number of hydrogen-bond donors (Lipinski definition) is 4. The van der Waals surface area contributed by atoms with Gasteiger partial charge in [0.05, 0.1) is 13.0 Å². The second kappa shape index (κ2) is 9.19. The molecule has 0 radical (unpaired) electrons. The van der Waals surface area contributed by atoms with E-state index in [0.717, 1.165) is 0 Å². The summed E-state index contributed by atoms with van der Waals surface area (Å²) in [4.78, 5) is 38.1. The summed E-state index contributed by atoms with van der Waals surface area (Å²) >= 11 is 0. The smallest absolute Gasteiger partial charge is 0.329 e. The number of amides is 3. The summed E-state index contributed by atoms with van der Waals surface area (Å²) in [6.07, 6.45) is 1.48. The van der Waals surface area contributed by atoms with E-state index < -0.39 is 11.8 Å². The number of anilines is 1. The highest BCUT2D eigenvalue weighted by Crippen LogP contribution is 2.00. The van der Waals surface area contributed by atoms with E-state index >= 15 is 0 Å². The second-order valence-corrected chi connectivity index (χ2v) is 4.21. The van der Waals surface area contributed by atoms with Crippen molar-refractivity contribution in [1.82, 2.24) is 15.7 Å². The zero-order chi connectivity index (χ0) is 16.4. The van der Waals surface area contributed by atoms with Crippen molar-refractivity contribution in [2.45, 2.75) is 13.3 Å². The first-order valence-corrected chi connectivity index (χ1v) is 6.46. The standard InChI is InChI=1S/C13H17N5O4/c1-9(17-18-13(22)12(21)15-6-7-19)8-11(20)16-10-4-2-3-5-14-10/h2-5,19H,6-8H2,1H3,(H,15,21)(H,18,22)(H,14,16,20). The summed E-state index contributed by atoms with van der Waals surface area (Å²) in [7, 11) is 0. The average Bonchev–Trinajstić information content (AvgIpc) is 2.51. The van der Waals surface area contributed by atoms with E-state index in [9.17, 15) is 14.4 Å². The highest BCUT2D eigenvalue weighted by Gasteiger charge is 2.12. The molecule has 0 saturated heterocycles. The van der Waals surface area contributed by atoms with Gasteiger partial charge in [0.15, 0.2) is 0 Å². The molecule has 0 aliphatic heterocycles. The Labute approximate surface area is 126 Å². The molecule has 4 N–H and O–H groups in total. The third-order valence-electron chi connectivity index (χ3n) is 2.30. The number of nitrogens with one attached hydrogen (secondary N) is 3. The van der Waals surface area contributed by atoms with Crippen molar-refractivity contribution in [1.29, 1.82) is 0 Å². The molecule has 1 aromatic rings. The van der Waals surface area contributed by atoms with E-state index in [1.807, 2.05) is 5.43 Å². The maximum absolute atomic E-state index is 11.7. The zero-order valence-corrected chi connectivity index (χ0v) is 12.0. The van der Waals surface area contributed by atoms with Crippen LogP contribution in [-0.4, -0.2) is 46.7 Å². The number of nitrogens with zero attached hydrogens (tertiary/aromatic N) is 2. The van der Waals surface area contributed by atoms with Crippen molar-refractivity contribution in [3.05, 3.63) is 24.4 Å². The number of aromatic nitrogens is 1. The van der Waals surface area contributed by atoms with Crippen LogP contribution in [0.25, 0.3) is 0 Å². The molecule has 22 heavy (non-hydrogen) atoms. The van der Waals surface area contributed by atoms with Crippen LogP contribution in [0.2, 0.25) is 0 Å². The molecule has 9 nitrogen and oxygen atoms in total. The van der Waals surface area contributed by atoms with Gasteiger partial charge in [0.1, 0.15) is 5.82 Å². The summed E-state index contributed by atoms with van der Waals surface area (Å²) in [6.45, 7) is 1.24. The van der Waals surface area contributed by atoms with E-state index in [1.54, 1.807) is 24.4 Å². The molecule has 3 amide bonds. The molecule has 9 heteroatoms. The lowest BCUT2D eigenvalue weighted by Crippen LogP contribution is -2.39. The van der Waals surface area contributed by atoms with Crippen LogP contribution < -0.4 is 16.1 Å². The van der Waals surface area contributed by atoms with E-state index in [0.29, 0.717) is 11.5 Å². The maximum atomic E-state index is 11.7. The van der Waals surface area contributed by atoms with Gasteiger partial charge in [0.25, 0.3) is 0 Å². The lowest BCUT2D eigenvalue weighted by atomic mass is 10.3. The third-order valence-corrected chi connectivity index (χ3v) is 2.30. The van der Waals surface area contributed by atoms with Crippen LogP contribution in [-0.2, 0) is 14.4 Å². The molecule has 1 rings (SSSR count). The van der Waals surface area contributed by atoms with Gasteiger partial charge in [-0.1, -0.05) is 6.07 Å². The minimum absolute atomic E-state index is 0.0264. The molecule has 0 fully saturated rings. The number of rotatable bonds is 6. The van der Waals surface area contributed by atoms with Gasteiger partial charge in [-0.25, -0.2) is 10.4 Å². The summed E-state index contributed by atoms with van der Waals surface area (Å²) in [5.74, 6) is -1.83. The highest BCUT2D eigenvalue weighted by molar-refractivity contribution is 6.35. The SMILES string of the molecule is CC(CC(=O)Nc1ccccn1)=NNC(=O)C(=O)NCCO. The van der Waals surface area contributed by atoms with Gasteiger partial charge in [0.2, 0.25) is 5.91 Å². The van der Waals surface area contributed by atoms with E-state index in [1.165, 1.54) is 6.92 Å². The number of aliphatic hydroxyl groups excluding tert-OH is 1. The zero-order valence-electron chi connectivity index (χ0n) is 12.0. The summed E-state index contributed by atoms with van der Waals surface area (Å²) in [5, 5.41) is 16.9. The van der Waals surface area contributed by atoms with Crippen LogP contribution in [0.4, 0.5) is 5.82 Å². The van der Waals surface area contributed by atoms with Gasteiger partial charge in [0, 0.05) is 18.5 Å². The molecular formula is C13H17N5O4. The van der Waals surface area contributed by atoms with E-state index in [-0.39, 0.29) is 25.5 Å². The highest BCUT2D eigenvalue weighted by atomic mass is 16.3. The molecule has 0 aliphatic carbocycles. The Morgan fingerprint density at radius 3 is 2.68 bits per heavy atom. The van der Waals surface area contributed by atoms with Crippen LogP contribution in [0.15, 0.2) is 29.5 Å². The minimum atomic E-state index is -0.974. The lowest BCUT2D eigenvalue weighted by molar-refractivity contribution is -0.139. The summed E-state index contributed by atoms with van der Waals surface area (Å²) in [5.41, 5.74) is 2.34. The Hall–Kier alpha value is -2.81. The van der Waals surface area contributed by atoms with E-state index in [4.69, 9.17) is 5.11 Å². The number of carbonyl (C=O) groups excluding carboxylic acids is 3. The van der Waals surface area contributed by atoms with Gasteiger partial charge in [-0.3, -0.25) is 14.4 Å². The molecule has 0 saturated carbocycles. The average molecular weight is 307 g/mol. The van der Waals surface area contributed by atoms with E-state index in [2.05, 4.69) is 20.7 Å². The number of hydrogen-bond acceptors (Lipinski definition) is 6. The number of pyridine rings is 1. The normalized spacial score (nSPS) is 10.7. The predicted octanol–water partition coefficient (Wildman–Crippen LogP) is -0.989. The van der Waals surface area contributed by atoms with Crippen molar-refractivity contribution in [3.8, 4) is 0 Å². The monoisotopic (exact) mass is 307 g/mol. The quantitative estimate of drug-likeness (QED) is 0.304. The molecule has 0 aromatic carbocycles. The molecule has 1 heterocycles. The molecule has 0 spiro atoms. The first-order chi connectivity index (χ1) is 10.5. The van der Waals surface area contributed by atoms with Gasteiger partial charge in [-0.15, -0.1) is 0 Å².